The van der Waals surface area contributed by atoms with Crippen LogP contribution in [0.15, 0.2) is 24.3 Å². The fourth-order valence-electron chi connectivity index (χ4n) is 1.54. The highest BCUT2D eigenvalue weighted by Crippen LogP contribution is 2.23. The van der Waals surface area contributed by atoms with Gasteiger partial charge in [0.05, 0.1) is 0 Å². The van der Waals surface area contributed by atoms with Gasteiger partial charge in [0.15, 0.2) is 0 Å². The number of benzene rings is 1. The Hall–Kier alpha value is -1.31. The molecule has 0 amide bonds. The second-order valence-corrected chi connectivity index (χ2v) is 3.80. The van der Waals surface area contributed by atoms with Gasteiger partial charge in [0, 0.05) is 6.92 Å². The third-order valence-electron chi connectivity index (χ3n) is 2.31. The van der Waals surface area contributed by atoms with E-state index in [4.69, 9.17) is 4.74 Å². The second-order valence-electron chi connectivity index (χ2n) is 3.80. The molecule has 0 heterocycles. The van der Waals surface area contributed by atoms with Crippen LogP contribution < -0.4 is 0 Å². The van der Waals surface area contributed by atoms with Crippen molar-refractivity contribution >= 4 is 5.97 Å². The molecule has 0 aliphatic heterocycles. The lowest BCUT2D eigenvalue weighted by Crippen LogP contribution is -2.08. The molecule has 1 aromatic carbocycles. The molecular formula is C13H18O2. The lowest BCUT2D eigenvalue weighted by molar-refractivity contribution is -0.147. The molecule has 0 aliphatic rings. The number of esters is 1. The standard InChI is InChI=1S/C13H18O2/c1-4-5-13(15-11(3)14)12-8-6-10(2)7-9-12/h6-9,13H,4-5H2,1-3H3. The van der Waals surface area contributed by atoms with Gasteiger partial charge in [0.2, 0.25) is 0 Å². The molecule has 0 N–H and O–H groups in total. The minimum Gasteiger partial charge on any atom is -0.458 e. The summed E-state index contributed by atoms with van der Waals surface area (Å²) in [6, 6.07) is 8.14. The summed E-state index contributed by atoms with van der Waals surface area (Å²) in [5.74, 6) is -0.214. The number of carbonyl (C=O) groups excluding carboxylic acids is 1. The molecule has 1 atom stereocenters. The topological polar surface area (TPSA) is 26.3 Å². The molecule has 2 heteroatoms. The van der Waals surface area contributed by atoms with Crippen LogP contribution in [-0.2, 0) is 9.53 Å². The van der Waals surface area contributed by atoms with Crippen molar-refractivity contribution in [2.24, 2.45) is 0 Å². The van der Waals surface area contributed by atoms with E-state index in [0.29, 0.717) is 0 Å². The monoisotopic (exact) mass is 206 g/mol. The van der Waals surface area contributed by atoms with Gasteiger partial charge in [-0.15, -0.1) is 0 Å². The van der Waals surface area contributed by atoms with Gasteiger partial charge in [0.25, 0.3) is 0 Å². The number of rotatable bonds is 4. The number of carbonyl (C=O) groups is 1. The molecule has 1 unspecified atom stereocenters. The zero-order valence-electron chi connectivity index (χ0n) is 9.62. The molecule has 0 fully saturated rings. The predicted octanol–water partition coefficient (Wildman–Crippen LogP) is 3.40. The molecule has 15 heavy (non-hydrogen) atoms. The quantitative estimate of drug-likeness (QED) is 0.706. The molecule has 0 saturated heterocycles. The molecule has 1 aromatic rings. The Kier molecular flexibility index (Phi) is 4.35. The van der Waals surface area contributed by atoms with Crippen LogP contribution in [0.4, 0.5) is 0 Å². The number of hydrogen-bond acceptors (Lipinski definition) is 2. The van der Waals surface area contributed by atoms with Gasteiger partial charge in [-0.1, -0.05) is 43.2 Å². The molecule has 1 rings (SSSR count). The van der Waals surface area contributed by atoms with Crippen molar-refractivity contribution in [2.75, 3.05) is 0 Å². The number of hydrogen-bond donors (Lipinski definition) is 0. The minimum atomic E-state index is -0.214. The third kappa shape index (κ3) is 3.74. The van der Waals surface area contributed by atoms with Crippen LogP contribution >= 0.6 is 0 Å². The maximum atomic E-state index is 10.9. The Morgan fingerprint density at radius 1 is 1.33 bits per heavy atom. The molecule has 0 spiro atoms. The molecule has 0 radical (unpaired) electrons. The number of ether oxygens (including phenoxy) is 1. The van der Waals surface area contributed by atoms with Crippen LogP contribution in [0.3, 0.4) is 0 Å². The molecule has 82 valence electrons. The predicted molar refractivity (Wildman–Crippen MR) is 60.6 cm³/mol. The summed E-state index contributed by atoms with van der Waals surface area (Å²) in [4.78, 5) is 10.9. The van der Waals surface area contributed by atoms with Crippen molar-refractivity contribution in [1.82, 2.24) is 0 Å². The van der Waals surface area contributed by atoms with Gasteiger partial charge in [-0.3, -0.25) is 4.79 Å². The smallest absolute Gasteiger partial charge is 0.303 e. The van der Waals surface area contributed by atoms with Crippen molar-refractivity contribution in [3.8, 4) is 0 Å². The van der Waals surface area contributed by atoms with Crippen LogP contribution in [0.1, 0.15) is 43.9 Å². The highest BCUT2D eigenvalue weighted by molar-refractivity contribution is 5.66. The molecular weight excluding hydrogens is 188 g/mol. The van der Waals surface area contributed by atoms with E-state index >= 15 is 0 Å². The largest absolute Gasteiger partial charge is 0.458 e. The van der Waals surface area contributed by atoms with E-state index in [9.17, 15) is 4.79 Å². The number of aryl methyl sites for hydroxylation is 1. The SMILES string of the molecule is CCCC(OC(C)=O)c1ccc(C)cc1. The summed E-state index contributed by atoms with van der Waals surface area (Å²) in [5.41, 5.74) is 2.30. The van der Waals surface area contributed by atoms with Crippen molar-refractivity contribution < 1.29 is 9.53 Å². The van der Waals surface area contributed by atoms with E-state index in [-0.39, 0.29) is 12.1 Å². The van der Waals surface area contributed by atoms with Crippen molar-refractivity contribution in [2.45, 2.75) is 39.7 Å². The average Bonchev–Trinajstić information content (AvgIpc) is 2.17. The van der Waals surface area contributed by atoms with Gasteiger partial charge < -0.3 is 4.74 Å². The lowest BCUT2D eigenvalue weighted by Gasteiger charge is -2.16. The Balaban J connectivity index is 2.78. The molecule has 0 bridgehead atoms. The first-order valence-electron chi connectivity index (χ1n) is 5.37. The van der Waals surface area contributed by atoms with Crippen molar-refractivity contribution in [1.29, 1.82) is 0 Å². The molecule has 0 saturated carbocycles. The highest BCUT2D eigenvalue weighted by Gasteiger charge is 2.12. The zero-order valence-corrected chi connectivity index (χ0v) is 9.62. The summed E-state index contributed by atoms with van der Waals surface area (Å²) < 4.78 is 5.28. The Labute approximate surface area is 91.3 Å². The van der Waals surface area contributed by atoms with E-state index in [1.54, 1.807) is 0 Å². The Morgan fingerprint density at radius 2 is 1.93 bits per heavy atom. The highest BCUT2D eigenvalue weighted by atomic mass is 16.5. The van der Waals surface area contributed by atoms with Crippen molar-refractivity contribution in [3.05, 3.63) is 35.4 Å². The summed E-state index contributed by atoms with van der Waals surface area (Å²) >= 11 is 0. The van der Waals surface area contributed by atoms with Crippen LogP contribution in [0.5, 0.6) is 0 Å². The van der Waals surface area contributed by atoms with Crippen LogP contribution in [-0.4, -0.2) is 5.97 Å². The fourth-order valence-corrected chi connectivity index (χ4v) is 1.54. The summed E-state index contributed by atoms with van der Waals surface area (Å²) in [5, 5.41) is 0. The Bertz CT molecular complexity index is 314. The molecule has 0 aliphatic carbocycles. The third-order valence-corrected chi connectivity index (χ3v) is 2.31. The van der Waals surface area contributed by atoms with Gasteiger partial charge in [-0.05, 0) is 18.9 Å². The van der Waals surface area contributed by atoms with Crippen molar-refractivity contribution in [3.63, 3.8) is 0 Å². The van der Waals surface area contributed by atoms with Gasteiger partial charge >= 0.3 is 5.97 Å². The normalized spacial score (nSPS) is 12.2. The maximum Gasteiger partial charge on any atom is 0.303 e. The van der Waals surface area contributed by atoms with Gasteiger partial charge in [-0.2, -0.15) is 0 Å². The van der Waals surface area contributed by atoms with E-state index in [1.165, 1.54) is 12.5 Å². The first kappa shape index (κ1) is 11.8. The van der Waals surface area contributed by atoms with Crippen LogP contribution in [0, 0.1) is 6.92 Å². The van der Waals surface area contributed by atoms with Crippen LogP contribution in [0.2, 0.25) is 0 Å². The lowest BCUT2D eigenvalue weighted by atomic mass is 10.0. The Morgan fingerprint density at radius 3 is 2.40 bits per heavy atom. The first-order chi connectivity index (χ1) is 7.13. The second kappa shape index (κ2) is 5.54. The summed E-state index contributed by atoms with van der Waals surface area (Å²) in [6.45, 7) is 5.59. The van der Waals surface area contributed by atoms with E-state index in [0.717, 1.165) is 18.4 Å². The maximum absolute atomic E-state index is 10.9. The zero-order chi connectivity index (χ0) is 11.3. The average molecular weight is 206 g/mol. The molecule has 0 aromatic heterocycles. The summed E-state index contributed by atoms with van der Waals surface area (Å²) in [6.07, 6.45) is 1.79. The fraction of sp³-hybridized carbons (Fsp3) is 0.462. The van der Waals surface area contributed by atoms with E-state index in [1.807, 2.05) is 31.2 Å². The van der Waals surface area contributed by atoms with Gasteiger partial charge in [0.1, 0.15) is 6.10 Å². The minimum absolute atomic E-state index is 0.0897. The first-order valence-corrected chi connectivity index (χ1v) is 5.37. The van der Waals surface area contributed by atoms with Crippen LogP contribution in [0.25, 0.3) is 0 Å². The van der Waals surface area contributed by atoms with E-state index < -0.39 is 0 Å². The summed E-state index contributed by atoms with van der Waals surface area (Å²) in [7, 11) is 0. The molecule has 2 nitrogen and oxygen atoms in total. The van der Waals surface area contributed by atoms with Gasteiger partial charge in [-0.25, -0.2) is 0 Å². The van der Waals surface area contributed by atoms with E-state index in [2.05, 4.69) is 6.92 Å².